The van der Waals surface area contributed by atoms with Crippen molar-refractivity contribution in [3.05, 3.63) is 27.7 Å². The number of halogens is 2. The lowest BCUT2D eigenvalue weighted by molar-refractivity contribution is -0.887. The highest BCUT2D eigenvalue weighted by atomic mass is 79.9. The van der Waals surface area contributed by atoms with Gasteiger partial charge < -0.3 is 14.4 Å². The summed E-state index contributed by atoms with van der Waals surface area (Å²) in [4.78, 5) is 1.66. The Morgan fingerprint density at radius 3 is 2.68 bits per heavy atom. The average molecular weight is 350 g/mol. The molecule has 19 heavy (non-hydrogen) atoms. The predicted octanol–water partition coefficient (Wildman–Crippen LogP) is 2.18. The smallest absolute Gasteiger partial charge is 0.138 e. The van der Waals surface area contributed by atoms with E-state index in [-0.39, 0.29) is 0 Å². The summed E-state index contributed by atoms with van der Waals surface area (Å²) in [7, 11) is 0. The van der Waals surface area contributed by atoms with Gasteiger partial charge in [-0.1, -0.05) is 27.5 Å². The molecule has 1 N–H and O–H groups in total. The summed E-state index contributed by atoms with van der Waals surface area (Å²) in [6.45, 7) is 5.67. The van der Waals surface area contributed by atoms with Crippen LogP contribution in [-0.4, -0.2) is 39.5 Å². The Labute approximate surface area is 128 Å². The van der Waals surface area contributed by atoms with E-state index in [0.29, 0.717) is 24.0 Å². The Balaban J connectivity index is 1.56. The molecular weight excluding hydrogens is 330 g/mol. The van der Waals surface area contributed by atoms with E-state index in [9.17, 15) is 0 Å². The monoisotopic (exact) mass is 348 g/mol. The number of benzene rings is 1. The third kappa shape index (κ3) is 5.30. The third-order valence-corrected chi connectivity index (χ3v) is 4.08. The Bertz CT molecular complexity index is 397. The summed E-state index contributed by atoms with van der Waals surface area (Å²) in [5.74, 6) is 0.707. The number of hydrogen-bond acceptors (Lipinski definition) is 2. The molecule has 1 fully saturated rings. The molecule has 3 nitrogen and oxygen atoms in total. The molecule has 1 aliphatic rings. The maximum absolute atomic E-state index is 6.06. The summed E-state index contributed by atoms with van der Waals surface area (Å²) in [5.41, 5.74) is 0. The second-order valence-electron chi connectivity index (χ2n) is 4.74. The Hall–Kier alpha value is -0.290. The van der Waals surface area contributed by atoms with E-state index in [0.717, 1.165) is 17.6 Å². The first-order chi connectivity index (χ1) is 9.25. The minimum Gasteiger partial charge on any atom is -0.490 e. The third-order valence-electron chi connectivity index (χ3n) is 3.29. The maximum atomic E-state index is 6.06. The van der Waals surface area contributed by atoms with E-state index in [1.807, 2.05) is 18.2 Å². The summed E-state index contributed by atoms with van der Waals surface area (Å²) in [5, 5.41) is 0.621. The number of likely N-dealkylation sites (tertiary alicyclic amines) is 1. The molecule has 0 spiro atoms. The van der Waals surface area contributed by atoms with Crippen LogP contribution >= 0.6 is 27.5 Å². The fraction of sp³-hybridized carbons (Fsp3) is 0.571. The normalized spacial score (nSPS) is 15.9. The first-order valence-electron chi connectivity index (χ1n) is 6.75. The van der Waals surface area contributed by atoms with Crippen LogP contribution < -0.4 is 9.64 Å². The zero-order valence-corrected chi connectivity index (χ0v) is 13.3. The lowest BCUT2D eigenvalue weighted by atomic mass is 10.3. The number of ether oxygens (including phenoxy) is 2. The zero-order chi connectivity index (χ0) is 13.5. The van der Waals surface area contributed by atoms with Gasteiger partial charge in [0, 0.05) is 17.3 Å². The van der Waals surface area contributed by atoms with E-state index in [4.69, 9.17) is 21.1 Å². The molecule has 1 aromatic carbocycles. The quantitative estimate of drug-likeness (QED) is 0.763. The molecule has 0 radical (unpaired) electrons. The van der Waals surface area contributed by atoms with Gasteiger partial charge in [-0.05, 0) is 18.2 Å². The van der Waals surface area contributed by atoms with Crippen LogP contribution in [0.4, 0.5) is 0 Å². The molecule has 0 amide bonds. The minimum atomic E-state index is 0.538. The van der Waals surface area contributed by atoms with Gasteiger partial charge in [-0.2, -0.15) is 0 Å². The van der Waals surface area contributed by atoms with Crippen molar-refractivity contribution in [3.63, 3.8) is 0 Å². The summed E-state index contributed by atoms with van der Waals surface area (Å²) in [6, 6.07) is 5.61. The Morgan fingerprint density at radius 1 is 1.16 bits per heavy atom. The van der Waals surface area contributed by atoms with E-state index in [1.54, 1.807) is 4.90 Å². The molecule has 0 bridgehead atoms. The van der Waals surface area contributed by atoms with Crippen LogP contribution in [0.3, 0.4) is 0 Å². The zero-order valence-electron chi connectivity index (χ0n) is 11.0. The van der Waals surface area contributed by atoms with Crippen LogP contribution in [0.1, 0.15) is 12.8 Å². The van der Waals surface area contributed by atoms with Crippen molar-refractivity contribution in [2.24, 2.45) is 0 Å². The summed E-state index contributed by atoms with van der Waals surface area (Å²) < 4.78 is 12.1. The molecule has 1 heterocycles. The molecular formula is C14H20BrClNO2+. The van der Waals surface area contributed by atoms with Crippen LogP contribution in [0.2, 0.25) is 5.02 Å². The van der Waals surface area contributed by atoms with Gasteiger partial charge in [0.1, 0.15) is 18.9 Å². The number of hydrogen-bond donors (Lipinski definition) is 1. The predicted molar refractivity (Wildman–Crippen MR) is 80.3 cm³/mol. The molecule has 0 atom stereocenters. The largest absolute Gasteiger partial charge is 0.490 e. The van der Waals surface area contributed by atoms with Crippen molar-refractivity contribution in [2.75, 3.05) is 39.5 Å². The highest BCUT2D eigenvalue weighted by Crippen LogP contribution is 2.27. The van der Waals surface area contributed by atoms with E-state index < -0.39 is 0 Å². The Morgan fingerprint density at radius 2 is 1.95 bits per heavy atom. The second-order valence-corrected chi connectivity index (χ2v) is 6.07. The molecule has 0 saturated carbocycles. The highest BCUT2D eigenvalue weighted by molar-refractivity contribution is 9.10. The molecule has 1 aromatic rings. The summed E-state index contributed by atoms with van der Waals surface area (Å²) >= 11 is 9.42. The van der Waals surface area contributed by atoms with Crippen LogP contribution in [0.25, 0.3) is 0 Å². The van der Waals surface area contributed by atoms with Crippen molar-refractivity contribution in [1.29, 1.82) is 0 Å². The van der Waals surface area contributed by atoms with E-state index in [2.05, 4.69) is 15.9 Å². The van der Waals surface area contributed by atoms with Gasteiger partial charge in [0.05, 0.1) is 31.3 Å². The lowest BCUT2D eigenvalue weighted by Gasteiger charge is -2.12. The molecule has 0 aliphatic carbocycles. The lowest BCUT2D eigenvalue weighted by Crippen LogP contribution is -3.10. The van der Waals surface area contributed by atoms with Crippen LogP contribution in [0.5, 0.6) is 5.75 Å². The molecule has 0 unspecified atom stereocenters. The molecule has 5 heteroatoms. The molecule has 0 aromatic heterocycles. The number of nitrogens with one attached hydrogen (secondary N) is 1. The standard InChI is InChI=1S/C14H19BrClNO2/c15-12-3-4-14(13(16)11-12)19-10-9-18-8-7-17-5-1-2-6-17/h3-4,11H,1-2,5-10H2/p+1. The van der Waals surface area contributed by atoms with Gasteiger partial charge in [-0.3, -0.25) is 0 Å². The molecule has 2 rings (SSSR count). The fourth-order valence-electron chi connectivity index (χ4n) is 2.25. The van der Waals surface area contributed by atoms with Crippen molar-refractivity contribution in [1.82, 2.24) is 0 Å². The molecule has 106 valence electrons. The minimum absolute atomic E-state index is 0.538. The first-order valence-corrected chi connectivity index (χ1v) is 7.92. The van der Waals surface area contributed by atoms with Gasteiger partial charge in [-0.15, -0.1) is 0 Å². The summed E-state index contributed by atoms with van der Waals surface area (Å²) in [6.07, 6.45) is 2.72. The van der Waals surface area contributed by atoms with Gasteiger partial charge >= 0.3 is 0 Å². The number of quaternary nitrogens is 1. The van der Waals surface area contributed by atoms with Crippen molar-refractivity contribution in [3.8, 4) is 5.75 Å². The van der Waals surface area contributed by atoms with Crippen LogP contribution in [0, 0.1) is 0 Å². The van der Waals surface area contributed by atoms with Crippen molar-refractivity contribution < 1.29 is 14.4 Å². The average Bonchev–Trinajstić information content (AvgIpc) is 2.89. The van der Waals surface area contributed by atoms with Crippen molar-refractivity contribution in [2.45, 2.75) is 12.8 Å². The Kier molecular flexibility index (Phi) is 6.44. The maximum Gasteiger partial charge on any atom is 0.138 e. The topological polar surface area (TPSA) is 22.9 Å². The number of rotatable bonds is 7. The van der Waals surface area contributed by atoms with Crippen LogP contribution in [0.15, 0.2) is 22.7 Å². The van der Waals surface area contributed by atoms with Gasteiger partial charge in [0.2, 0.25) is 0 Å². The van der Waals surface area contributed by atoms with Gasteiger partial charge in [0.25, 0.3) is 0 Å². The second kappa shape index (κ2) is 8.10. The van der Waals surface area contributed by atoms with Crippen molar-refractivity contribution >= 4 is 27.5 Å². The van der Waals surface area contributed by atoms with Gasteiger partial charge in [0.15, 0.2) is 0 Å². The van der Waals surface area contributed by atoms with E-state index >= 15 is 0 Å². The van der Waals surface area contributed by atoms with Crippen LogP contribution in [-0.2, 0) is 4.74 Å². The fourth-order valence-corrected chi connectivity index (χ4v) is 2.97. The molecule has 1 aliphatic heterocycles. The van der Waals surface area contributed by atoms with Gasteiger partial charge in [-0.25, -0.2) is 0 Å². The molecule has 1 saturated heterocycles. The highest BCUT2D eigenvalue weighted by Gasteiger charge is 2.14. The SMILES string of the molecule is Clc1cc(Br)ccc1OCCOCC[NH+]1CCCC1. The first kappa shape index (κ1) is 15.1. The van der Waals surface area contributed by atoms with E-state index in [1.165, 1.54) is 25.9 Å².